The van der Waals surface area contributed by atoms with Crippen molar-refractivity contribution in [2.75, 3.05) is 0 Å². The zero-order valence-electron chi connectivity index (χ0n) is 15.1. The van der Waals surface area contributed by atoms with Crippen molar-refractivity contribution in [2.24, 2.45) is 0 Å². The van der Waals surface area contributed by atoms with Crippen molar-refractivity contribution in [1.29, 1.82) is 0 Å². The zero-order chi connectivity index (χ0) is 17.2. The van der Waals surface area contributed by atoms with Gasteiger partial charge in [-0.05, 0) is 18.4 Å². The lowest BCUT2D eigenvalue weighted by atomic mass is 9.82. The van der Waals surface area contributed by atoms with Crippen molar-refractivity contribution in [3.8, 4) is 0 Å². The number of unbranched alkanes of at least 4 members (excludes halogenated alkanes) is 7. The fourth-order valence-electron chi connectivity index (χ4n) is 3.84. The quantitative estimate of drug-likeness (QED) is 0.442. The second kappa shape index (κ2) is 10.5. The van der Waals surface area contributed by atoms with Crippen LogP contribution < -0.4 is 0 Å². The molecule has 1 N–H and O–H groups in total. The lowest BCUT2D eigenvalue weighted by Gasteiger charge is -2.37. The van der Waals surface area contributed by atoms with Gasteiger partial charge in [0.05, 0.1) is 6.04 Å². The highest BCUT2D eigenvalue weighted by atomic mass is 16.5. The highest BCUT2D eigenvalue weighted by molar-refractivity contribution is 5.76. The third-order valence-electron chi connectivity index (χ3n) is 5.28. The molecule has 0 spiro atoms. The van der Waals surface area contributed by atoms with E-state index in [2.05, 4.69) is 19.1 Å². The average molecular weight is 332 g/mol. The first-order valence-electron chi connectivity index (χ1n) is 9.80. The van der Waals surface area contributed by atoms with Crippen molar-refractivity contribution in [1.82, 2.24) is 5.06 Å². The van der Waals surface area contributed by atoms with Gasteiger partial charge in [0.25, 0.3) is 0 Å². The first-order chi connectivity index (χ1) is 11.7. The second-order valence-corrected chi connectivity index (χ2v) is 7.13. The molecule has 1 amide bonds. The summed E-state index contributed by atoms with van der Waals surface area (Å²) in [5, 5.41) is 11.3. The zero-order valence-corrected chi connectivity index (χ0v) is 15.1. The Morgan fingerprint density at radius 3 is 2.29 bits per heavy atom. The normalized spacial score (nSPS) is 21.2. The molecular formula is C21H33NO2. The first kappa shape index (κ1) is 19.0. The number of carbonyl (C=O) groups is 1. The van der Waals surface area contributed by atoms with E-state index in [1.165, 1.54) is 50.5 Å². The van der Waals surface area contributed by atoms with Gasteiger partial charge in [0.15, 0.2) is 0 Å². The Kier molecular flexibility index (Phi) is 8.31. The summed E-state index contributed by atoms with van der Waals surface area (Å²) in [6, 6.07) is 10.3. The van der Waals surface area contributed by atoms with Gasteiger partial charge in [0.1, 0.15) is 0 Å². The molecule has 0 aliphatic carbocycles. The molecule has 1 aliphatic rings. The topological polar surface area (TPSA) is 40.5 Å². The number of hydrogen-bond donors (Lipinski definition) is 1. The summed E-state index contributed by atoms with van der Waals surface area (Å²) in [5.41, 5.74) is 1.24. The molecule has 3 heteroatoms. The number of hydrogen-bond acceptors (Lipinski definition) is 2. The van der Waals surface area contributed by atoms with Crippen LogP contribution in [-0.2, 0) is 4.79 Å². The Balaban J connectivity index is 1.79. The molecule has 24 heavy (non-hydrogen) atoms. The van der Waals surface area contributed by atoms with Crippen LogP contribution in [0.3, 0.4) is 0 Å². The maximum atomic E-state index is 11.9. The number of nitrogens with zero attached hydrogens (tertiary/aromatic N) is 1. The van der Waals surface area contributed by atoms with E-state index in [0.717, 1.165) is 24.3 Å². The third-order valence-corrected chi connectivity index (χ3v) is 5.28. The van der Waals surface area contributed by atoms with Gasteiger partial charge in [-0.1, -0.05) is 88.6 Å². The van der Waals surface area contributed by atoms with E-state index in [9.17, 15) is 10.0 Å². The molecule has 0 saturated carbocycles. The molecule has 0 aromatic heterocycles. The number of amides is 1. The monoisotopic (exact) mass is 331 g/mol. The van der Waals surface area contributed by atoms with Crippen molar-refractivity contribution in [3.05, 3.63) is 35.9 Å². The van der Waals surface area contributed by atoms with Gasteiger partial charge in [0, 0.05) is 12.3 Å². The van der Waals surface area contributed by atoms with Gasteiger partial charge in [0.2, 0.25) is 5.91 Å². The highest BCUT2D eigenvalue weighted by Crippen LogP contribution is 2.35. The molecular weight excluding hydrogens is 298 g/mol. The van der Waals surface area contributed by atoms with Crippen LogP contribution in [0.25, 0.3) is 0 Å². The van der Waals surface area contributed by atoms with Gasteiger partial charge >= 0.3 is 0 Å². The van der Waals surface area contributed by atoms with Crippen LogP contribution in [0.5, 0.6) is 0 Å². The molecule has 2 atom stereocenters. The molecule has 2 rings (SSSR count). The molecule has 1 aromatic rings. The Bertz CT molecular complexity index is 474. The summed E-state index contributed by atoms with van der Waals surface area (Å²) < 4.78 is 0. The molecule has 0 bridgehead atoms. The number of piperidine rings is 1. The fourth-order valence-corrected chi connectivity index (χ4v) is 3.84. The Morgan fingerprint density at radius 1 is 1.00 bits per heavy atom. The van der Waals surface area contributed by atoms with Crippen LogP contribution in [0.1, 0.15) is 89.0 Å². The lowest BCUT2D eigenvalue weighted by Crippen LogP contribution is -2.45. The van der Waals surface area contributed by atoms with E-state index in [0.29, 0.717) is 6.42 Å². The molecule has 0 unspecified atom stereocenters. The molecule has 3 nitrogen and oxygen atoms in total. The molecule has 1 aromatic carbocycles. The summed E-state index contributed by atoms with van der Waals surface area (Å²) >= 11 is 0. The van der Waals surface area contributed by atoms with Crippen molar-refractivity contribution >= 4 is 5.91 Å². The maximum Gasteiger partial charge on any atom is 0.246 e. The molecule has 134 valence electrons. The van der Waals surface area contributed by atoms with Gasteiger partial charge in [-0.15, -0.1) is 0 Å². The van der Waals surface area contributed by atoms with E-state index in [1.807, 2.05) is 18.2 Å². The minimum atomic E-state index is -0.119. The van der Waals surface area contributed by atoms with E-state index < -0.39 is 0 Å². The largest absolute Gasteiger partial charge is 0.286 e. The lowest BCUT2D eigenvalue weighted by molar-refractivity contribution is -0.185. The summed E-state index contributed by atoms with van der Waals surface area (Å²) in [6.07, 6.45) is 12.4. The molecule has 0 radical (unpaired) electrons. The molecule has 1 aliphatic heterocycles. The predicted octanol–water partition coefficient (Wildman–Crippen LogP) is 5.68. The van der Waals surface area contributed by atoms with Crippen LogP contribution in [0.2, 0.25) is 0 Å². The highest BCUT2D eigenvalue weighted by Gasteiger charge is 2.35. The van der Waals surface area contributed by atoms with Crippen LogP contribution in [-0.4, -0.2) is 22.2 Å². The van der Waals surface area contributed by atoms with Crippen molar-refractivity contribution in [2.45, 2.75) is 89.5 Å². The van der Waals surface area contributed by atoms with Crippen LogP contribution in [0.4, 0.5) is 0 Å². The van der Waals surface area contributed by atoms with Gasteiger partial charge in [-0.2, -0.15) is 0 Å². The van der Waals surface area contributed by atoms with E-state index >= 15 is 0 Å². The standard InChI is InChI=1S/C21H33NO2/c1-2-3-4-5-6-7-8-12-15-20-19(16-17-21(23)22(20)24)18-13-10-9-11-14-18/h9-11,13-14,19-20,24H,2-8,12,15-17H2,1H3/t19-,20-/m0/s1. The maximum absolute atomic E-state index is 11.9. The average Bonchev–Trinajstić information content (AvgIpc) is 2.61. The van der Waals surface area contributed by atoms with Gasteiger partial charge < -0.3 is 0 Å². The molecule has 1 heterocycles. The third kappa shape index (κ3) is 5.62. The minimum Gasteiger partial charge on any atom is -0.286 e. The van der Waals surface area contributed by atoms with Crippen LogP contribution in [0, 0.1) is 0 Å². The predicted molar refractivity (Wildman–Crippen MR) is 98.1 cm³/mol. The summed E-state index contributed by atoms with van der Waals surface area (Å²) in [7, 11) is 0. The number of benzene rings is 1. The summed E-state index contributed by atoms with van der Waals surface area (Å²) in [4.78, 5) is 11.9. The molecule has 1 fully saturated rings. The second-order valence-electron chi connectivity index (χ2n) is 7.13. The van der Waals surface area contributed by atoms with E-state index in [1.54, 1.807) is 0 Å². The van der Waals surface area contributed by atoms with Crippen LogP contribution in [0.15, 0.2) is 30.3 Å². The van der Waals surface area contributed by atoms with E-state index in [-0.39, 0.29) is 17.9 Å². The Labute approximate surface area is 147 Å². The van der Waals surface area contributed by atoms with E-state index in [4.69, 9.17) is 0 Å². The van der Waals surface area contributed by atoms with Gasteiger partial charge in [-0.25, -0.2) is 5.06 Å². The smallest absolute Gasteiger partial charge is 0.246 e. The minimum absolute atomic E-state index is 0.0614. The Morgan fingerprint density at radius 2 is 1.62 bits per heavy atom. The first-order valence-corrected chi connectivity index (χ1v) is 9.80. The summed E-state index contributed by atoms with van der Waals surface area (Å²) in [5.74, 6) is 0.144. The number of carbonyl (C=O) groups excluding carboxylic acids is 1. The molecule has 1 saturated heterocycles. The fraction of sp³-hybridized carbons (Fsp3) is 0.667. The number of rotatable bonds is 10. The van der Waals surface area contributed by atoms with Crippen molar-refractivity contribution in [3.63, 3.8) is 0 Å². The van der Waals surface area contributed by atoms with Gasteiger partial charge in [-0.3, -0.25) is 10.0 Å². The Hall–Kier alpha value is -1.35. The number of hydroxylamine groups is 2. The van der Waals surface area contributed by atoms with Crippen molar-refractivity contribution < 1.29 is 10.0 Å². The SMILES string of the molecule is CCCCCCCCCC[C@H]1[C@H](c2ccccc2)CCC(=O)N1O. The summed E-state index contributed by atoms with van der Waals surface area (Å²) in [6.45, 7) is 2.25. The van der Waals surface area contributed by atoms with Crippen LogP contribution >= 0.6 is 0 Å².